The van der Waals surface area contributed by atoms with Crippen molar-refractivity contribution in [3.63, 3.8) is 0 Å². The van der Waals surface area contributed by atoms with Crippen LogP contribution in [0.4, 0.5) is 0 Å². The molecule has 2 aromatic rings. The minimum atomic E-state index is -3.50. The first-order valence-corrected chi connectivity index (χ1v) is 11.0. The highest BCUT2D eigenvalue weighted by Gasteiger charge is 2.19. The van der Waals surface area contributed by atoms with Crippen molar-refractivity contribution in [3.05, 3.63) is 54.2 Å². The van der Waals surface area contributed by atoms with Crippen LogP contribution in [0.15, 0.2) is 58.6 Å². The van der Waals surface area contributed by atoms with Crippen LogP contribution in [0.5, 0.6) is 0 Å². The molecule has 6 nitrogen and oxygen atoms in total. The lowest BCUT2D eigenvalue weighted by Gasteiger charge is -2.26. The Bertz CT molecular complexity index is 852. The van der Waals surface area contributed by atoms with Crippen molar-refractivity contribution in [2.75, 3.05) is 19.8 Å². The van der Waals surface area contributed by atoms with Crippen molar-refractivity contribution in [1.29, 1.82) is 0 Å². The minimum Gasteiger partial charge on any atom is -0.335 e. The maximum Gasteiger partial charge on any atom is 0.244 e. The molecule has 1 heterocycles. The number of amides is 1. The number of rotatable bonds is 8. The number of benzene rings is 1. The topological polar surface area (TPSA) is 70.6 Å². The Balaban J connectivity index is 2.01. The average molecular weight is 408 g/mol. The van der Waals surface area contributed by atoms with Gasteiger partial charge in [0.05, 0.1) is 10.8 Å². The Morgan fingerprint density at radius 2 is 1.78 bits per heavy atom. The molecular formula is C19H25N3O3S2. The fraction of sp³-hybridized carbons (Fsp3) is 0.368. The first-order valence-electron chi connectivity index (χ1n) is 8.56. The van der Waals surface area contributed by atoms with E-state index in [9.17, 15) is 13.2 Å². The molecule has 27 heavy (non-hydrogen) atoms. The van der Waals surface area contributed by atoms with E-state index < -0.39 is 10.0 Å². The molecule has 0 unspecified atom stereocenters. The third kappa shape index (κ3) is 5.79. The zero-order chi connectivity index (χ0) is 20.0. The van der Waals surface area contributed by atoms with Crippen LogP contribution >= 0.6 is 11.8 Å². The fourth-order valence-corrected chi connectivity index (χ4v) is 3.95. The molecule has 0 radical (unpaired) electrons. The van der Waals surface area contributed by atoms with Crippen LogP contribution in [-0.4, -0.2) is 54.4 Å². The van der Waals surface area contributed by atoms with Gasteiger partial charge >= 0.3 is 0 Å². The standard InChI is InChI=1S/C19H25N3O3S2/c1-15(2)22(13-16-8-6-5-7-9-16)19(23)14-26-18-11-10-17(12-20-18)27(24,25)21(3)4/h5-12,15H,13-14H2,1-4H3. The number of aromatic nitrogens is 1. The highest BCUT2D eigenvalue weighted by atomic mass is 32.2. The maximum atomic E-state index is 12.7. The van der Waals surface area contributed by atoms with Crippen LogP contribution in [0.25, 0.3) is 0 Å². The number of nitrogens with zero attached hydrogens (tertiary/aromatic N) is 3. The van der Waals surface area contributed by atoms with Gasteiger partial charge in [-0.25, -0.2) is 17.7 Å². The third-order valence-electron chi connectivity index (χ3n) is 3.97. The van der Waals surface area contributed by atoms with E-state index in [1.165, 1.54) is 38.1 Å². The van der Waals surface area contributed by atoms with E-state index in [1.807, 2.05) is 49.1 Å². The van der Waals surface area contributed by atoms with Crippen LogP contribution in [-0.2, 0) is 21.4 Å². The monoisotopic (exact) mass is 407 g/mol. The van der Waals surface area contributed by atoms with Gasteiger partial charge in [-0.1, -0.05) is 42.1 Å². The van der Waals surface area contributed by atoms with Crippen molar-refractivity contribution in [3.8, 4) is 0 Å². The van der Waals surface area contributed by atoms with Gasteiger partial charge in [0.2, 0.25) is 15.9 Å². The fourth-order valence-electron chi connectivity index (χ4n) is 2.37. The molecule has 0 bridgehead atoms. The summed E-state index contributed by atoms with van der Waals surface area (Å²) in [7, 11) is -0.546. The second-order valence-electron chi connectivity index (χ2n) is 6.51. The van der Waals surface area contributed by atoms with Crippen molar-refractivity contribution >= 4 is 27.7 Å². The highest BCUT2D eigenvalue weighted by molar-refractivity contribution is 7.99. The summed E-state index contributed by atoms with van der Waals surface area (Å²) in [6.07, 6.45) is 1.33. The molecule has 0 saturated carbocycles. The van der Waals surface area contributed by atoms with Gasteiger partial charge in [-0.05, 0) is 31.5 Å². The van der Waals surface area contributed by atoms with Gasteiger partial charge < -0.3 is 4.90 Å². The third-order valence-corrected chi connectivity index (χ3v) is 6.70. The van der Waals surface area contributed by atoms with E-state index in [1.54, 1.807) is 6.07 Å². The van der Waals surface area contributed by atoms with Gasteiger partial charge in [-0.15, -0.1) is 0 Å². The van der Waals surface area contributed by atoms with Crippen LogP contribution in [0.1, 0.15) is 19.4 Å². The predicted octanol–water partition coefficient (Wildman–Crippen LogP) is 2.86. The van der Waals surface area contributed by atoms with Gasteiger partial charge in [0.1, 0.15) is 4.90 Å². The average Bonchev–Trinajstić information content (AvgIpc) is 2.65. The summed E-state index contributed by atoms with van der Waals surface area (Å²) < 4.78 is 25.3. The molecule has 0 atom stereocenters. The molecule has 0 aliphatic heterocycles. The first-order chi connectivity index (χ1) is 12.7. The van der Waals surface area contributed by atoms with E-state index in [2.05, 4.69) is 4.98 Å². The molecule has 1 aromatic carbocycles. The number of carbonyl (C=O) groups is 1. The number of pyridine rings is 1. The van der Waals surface area contributed by atoms with E-state index in [-0.39, 0.29) is 22.6 Å². The molecule has 2 rings (SSSR count). The molecule has 1 aromatic heterocycles. The van der Waals surface area contributed by atoms with E-state index in [0.29, 0.717) is 11.6 Å². The summed E-state index contributed by atoms with van der Waals surface area (Å²) in [4.78, 5) is 18.8. The lowest BCUT2D eigenvalue weighted by molar-refractivity contribution is -0.130. The Morgan fingerprint density at radius 3 is 2.30 bits per heavy atom. The zero-order valence-corrected chi connectivity index (χ0v) is 17.6. The van der Waals surface area contributed by atoms with Gasteiger partial charge in [0, 0.05) is 32.9 Å². The molecule has 0 spiro atoms. The molecule has 1 amide bonds. The van der Waals surface area contributed by atoms with Gasteiger partial charge in [0.25, 0.3) is 0 Å². The molecule has 0 saturated heterocycles. The second-order valence-corrected chi connectivity index (χ2v) is 9.66. The van der Waals surface area contributed by atoms with E-state index in [4.69, 9.17) is 0 Å². The molecule has 0 N–H and O–H groups in total. The lowest BCUT2D eigenvalue weighted by atomic mass is 10.2. The maximum absolute atomic E-state index is 12.7. The molecule has 0 aliphatic rings. The van der Waals surface area contributed by atoms with Crippen LogP contribution in [0.2, 0.25) is 0 Å². The number of carbonyl (C=O) groups excluding carboxylic acids is 1. The SMILES string of the molecule is CC(C)N(Cc1ccccc1)C(=O)CSc1ccc(S(=O)(=O)N(C)C)cn1. The quantitative estimate of drug-likeness (QED) is 0.629. The summed E-state index contributed by atoms with van der Waals surface area (Å²) >= 11 is 1.30. The van der Waals surface area contributed by atoms with Crippen LogP contribution < -0.4 is 0 Å². The Kier molecular flexibility index (Phi) is 7.41. The number of hydrogen-bond acceptors (Lipinski definition) is 5. The second kappa shape index (κ2) is 9.34. The Hall–Kier alpha value is -1.90. The highest BCUT2D eigenvalue weighted by Crippen LogP contribution is 2.20. The Labute approximate surface area is 165 Å². The van der Waals surface area contributed by atoms with Crippen molar-refractivity contribution in [2.45, 2.75) is 36.4 Å². The van der Waals surface area contributed by atoms with Crippen molar-refractivity contribution in [1.82, 2.24) is 14.2 Å². The largest absolute Gasteiger partial charge is 0.335 e. The normalized spacial score (nSPS) is 11.8. The zero-order valence-electron chi connectivity index (χ0n) is 16.0. The number of thioether (sulfide) groups is 1. The van der Waals surface area contributed by atoms with Crippen LogP contribution in [0.3, 0.4) is 0 Å². The Morgan fingerprint density at radius 1 is 1.11 bits per heavy atom. The molecule has 146 valence electrons. The van der Waals surface area contributed by atoms with Crippen molar-refractivity contribution < 1.29 is 13.2 Å². The molecular weight excluding hydrogens is 382 g/mol. The molecule has 0 aliphatic carbocycles. The molecule has 8 heteroatoms. The van der Waals surface area contributed by atoms with Gasteiger partial charge in [0.15, 0.2) is 0 Å². The predicted molar refractivity (Wildman–Crippen MR) is 108 cm³/mol. The summed E-state index contributed by atoms with van der Waals surface area (Å²) in [5.41, 5.74) is 1.08. The van der Waals surface area contributed by atoms with Gasteiger partial charge in [-0.3, -0.25) is 4.79 Å². The smallest absolute Gasteiger partial charge is 0.244 e. The lowest BCUT2D eigenvalue weighted by Crippen LogP contribution is -2.37. The summed E-state index contributed by atoms with van der Waals surface area (Å²) in [5, 5.41) is 0.615. The summed E-state index contributed by atoms with van der Waals surface area (Å²) in [6.45, 7) is 4.54. The van der Waals surface area contributed by atoms with Crippen LogP contribution in [0, 0.1) is 0 Å². The summed E-state index contributed by atoms with van der Waals surface area (Å²) in [5.74, 6) is 0.267. The van der Waals surface area contributed by atoms with E-state index >= 15 is 0 Å². The van der Waals surface area contributed by atoms with Crippen molar-refractivity contribution in [2.24, 2.45) is 0 Å². The minimum absolute atomic E-state index is 0.0191. The number of hydrogen-bond donors (Lipinski definition) is 0. The number of sulfonamides is 1. The first kappa shape index (κ1) is 21.4. The summed E-state index contributed by atoms with van der Waals surface area (Å²) in [6, 6.07) is 13.1. The molecule has 0 fully saturated rings. The van der Waals surface area contributed by atoms with E-state index in [0.717, 1.165) is 9.87 Å². The van der Waals surface area contributed by atoms with Gasteiger partial charge in [-0.2, -0.15) is 0 Å².